The van der Waals surface area contributed by atoms with E-state index in [1.165, 1.54) is 31.2 Å². The van der Waals surface area contributed by atoms with Crippen LogP contribution in [-0.2, 0) is 18.7 Å². The molecule has 0 saturated heterocycles. The van der Waals surface area contributed by atoms with Crippen LogP contribution in [0.2, 0.25) is 0 Å². The van der Waals surface area contributed by atoms with E-state index in [0.29, 0.717) is 0 Å². The van der Waals surface area contributed by atoms with Crippen molar-refractivity contribution in [1.82, 2.24) is 4.90 Å². The molecule has 2 atom stereocenters. The summed E-state index contributed by atoms with van der Waals surface area (Å²) in [6.45, 7) is 2.00. The number of halogens is 3. The summed E-state index contributed by atoms with van der Waals surface area (Å²) in [5, 5.41) is 11.0. The van der Waals surface area contributed by atoms with Gasteiger partial charge in [-0.15, -0.1) is 0 Å². The number of hydrogen-bond donors (Lipinski definition) is 1. The van der Waals surface area contributed by atoms with Crippen LogP contribution < -0.4 is 0 Å². The van der Waals surface area contributed by atoms with Crippen molar-refractivity contribution >= 4 is 0 Å². The summed E-state index contributed by atoms with van der Waals surface area (Å²) in [6, 6.07) is 24.7. The summed E-state index contributed by atoms with van der Waals surface area (Å²) in [4.78, 5) is 1.67. The lowest BCUT2D eigenvalue weighted by molar-refractivity contribution is -0.287. The molecule has 3 aromatic rings. The molecule has 0 amide bonds. The lowest BCUT2D eigenvalue weighted by Crippen LogP contribution is -2.56. The van der Waals surface area contributed by atoms with E-state index in [-0.39, 0.29) is 18.7 Å². The zero-order valence-electron chi connectivity index (χ0n) is 16.2. The molecular weight excluding hydrogens is 375 g/mol. The molecule has 29 heavy (non-hydrogen) atoms. The lowest BCUT2D eigenvalue weighted by atomic mass is 9.85. The molecule has 152 valence electrons. The van der Waals surface area contributed by atoms with Crippen molar-refractivity contribution in [2.45, 2.75) is 37.8 Å². The number of benzene rings is 3. The molecule has 0 fully saturated rings. The minimum atomic E-state index is -4.83. The van der Waals surface area contributed by atoms with Crippen LogP contribution in [0.5, 0.6) is 0 Å². The minimum absolute atomic E-state index is 0.161. The Balaban J connectivity index is 2.01. The smallest absolute Gasteiger partial charge is 0.375 e. The molecule has 3 rings (SSSR count). The van der Waals surface area contributed by atoms with Gasteiger partial charge in [0.2, 0.25) is 5.60 Å². The van der Waals surface area contributed by atoms with Crippen molar-refractivity contribution in [1.29, 1.82) is 0 Å². The Morgan fingerprint density at radius 1 is 0.724 bits per heavy atom. The van der Waals surface area contributed by atoms with Crippen LogP contribution >= 0.6 is 0 Å². The van der Waals surface area contributed by atoms with Crippen molar-refractivity contribution in [3.05, 3.63) is 108 Å². The first-order valence-corrected chi connectivity index (χ1v) is 9.49. The SMILES string of the molecule is C[C@H](N(Cc1ccccc1)Cc1ccccc1)[C@](O)(c1ccccc1)C(F)(F)F. The monoisotopic (exact) mass is 399 g/mol. The predicted octanol–water partition coefficient (Wildman–Crippen LogP) is 5.53. The van der Waals surface area contributed by atoms with Gasteiger partial charge in [-0.3, -0.25) is 4.90 Å². The normalized spacial score (nSPS) is 15.1. The Labute approximate surface area is 169 Å². The van der Waals surface area contributed by atoms with Gasteiger partial charge in [0.15, 0.2) is 0 Å². The first-order chi connectivity index (χ1) is 13.8. The van der Waals surface area contributed by atoms with E-state index in [2.05, 4.69) is 0 Å². The fourth-order valence-corrected chi connectivity index (χ4v) is 3.56. The number of rotatable bonds is 7. The van der Waals surface area contributed by atoms with E-state index in [1.807, 2.05) is 60.7 Å². The Morgan fingerprint density at radius 3 is 1.48 bits per heavy atom. The van der Waals surface area contributed by atoms with E-state index >= 15 is 0 Å². The van der Waals surface area contributed by atoms with Crippen LogP contribution in [0.1, 0.15) is 23.6 Å². The lowest BCUT2D eigenvalue weighted by Gasteiger charge is -2.42. The average molecular weight is 399 g/mol. The van der Waals surface area contributed by atoms with Crippen LogP contribution in [0.3, 0.4) is 0 Å². The second kappa shape index (κ2) is 8.80. The molecule has 0 aliphatic heterocycles. The van der Waals surface area contributed by atoms with Gasteiger partial charge in [0, 0.05) is 19.1 Å². The standard InChI is InChI=1S/C24H24F3NO/c1-19(23(29,24(25,26)27)22-15-9-4-10-16-22)28(17-20-11-5-2-6-12-20)18-21-13-7-3-8-14-21/h2-16,19,29H,17-18H2,1H3/t19-,23-/m0/s1. The highest BCUT2D eigenvalue weighted by molar-refractivity contribution is 5.27. The van der Waals surface area contributed by atoms with Gasteiger partial charge in [0.25, 0.3) is 0 Å². The van der Waals surface area contributed by atoms with Gasteiger partial charge in [0.05, 0.1) is 0 Å². The quantitative estimate of drug-likeness (QED) is 0.565. The van der Waals surface area contributed by atoms with Gasteiger partial charge < -0.3 is 5.11 Å². The molecule has 3 aromatic carbocycles. The number of aliphatic hydroxyl groups is 1. The molecule has 0 radical (unpaired) electrons. The Morgan fingerprint density at radius 2 is 1.10 bits per heavy atom. The second-order valence-electron chi connectivity index (χ2n) is 7.18. The maximum atomic E-state index is 14.2. The Bertz CT molecular complexity index is 843. The van der Waals surface area contributed by atoms with Gasteiger partial charge in [-0.2, -0.15) is 13.2 Å². The number of nitrogens with zero attached hydrogens (tertiary/aromatic N) is 1. The average Bonchev–Trinajstić information content (AvgIpc) is 2.73. The molecule has 0 aliphatic carbocycles. The fourth-order valence-electron chi connectivity index (χ4n) is 3.56. The molecule has 0 aromatic heterocycles. The second-order valence-corrected chi connectivity index (χ2v) is 7.18. The molecule has 0 unspecified atom stereocenters. The van der Waals surface area contributed by atoms with Crippen molar-refractivity contribution in [2.75, 3.05) is 0 Å². The van der Waals surface area contributed by atoms with E-state index in [1.54, 1.807) is 11.0 Å². The maximum absolute atomic E-state index is 14.2. The molecular formula is C24H24F3NO. The maximum Gasteiger partial charge on any atom is 0.423 e. The first kappa shape index (κ1) is 21.1. The third-order valence-corrected chi connectivity index (χ3v) is 5.26. The van der Waals surface area contributed by atoms with Crippen LogP contribution in [0, 0.1) is 0 Å². The van der Waals surface area contributed by atoms with Gasteiger partial charge in [-0.05, 0) is 23.6 Å². The van der Waals surface area contributed by atoms with Crippen LogP contribution in [0.25, 0.3) is 0 Å². The molecule has 0 spiro atoms. The fraction of sp³-hybridized carbons (Fsp3) is 0.250. The van der Waals surface area contributed by atoms with Crippen molar-refractivity contribution in [3.63, 3.8) is 0 Å². The highest BCUT2D eigenvalue weighted by Gasteiger charge is 2.59. The van der Waals surface area contributed by atoms with Gasteiger partial charge in [-0.1, -0.05) is 91.0 Å². The molecule has 0 bridgehead atoms. The third-order valence-electron chi connectivity index (χ3n) is 5.26. The highest BCUT2D eigenvalue weighted by Crippen LogP contribution is 2.43. The predicted molar refractivity (Wildman–Crippen MR) is 108 cm³/mol. The van der Waals surface area contributed by atoms with Crippen LogP contribution in [0.15, 0.2) is 91.0 Å². The summed E-state index contributed by atoms with van der Waals surface area (Å²) in [5.41, 5.74) is -1.40. The summed E-state index contributed by atoms with van der Waals surface area (Å²) >= 11 is 0. The van der Waals surface area contributed by atoms with Crippen LogP contribution in [-0.4, -0.2) is 22.2 Å². The topological polar surface area (TPSA) is 23.5 Å². The zero-order chi connectivity index (χ0) is 20.9. The summed E-state index contributed by atoms with van der Waals surface area (Å²) in [6.07, 6.45) is -4.83. The van der Waals surface area contributed by atoms with Gasteiger partial charge in [0.1, 0.15) is 0 Å². The number of alkyl halides is 3. The molecule has 0 heterocycles. The zero-order valence-corrected chi connectivity index (χ0v) is 16.2. The van der Waals surface area contributed by atoms with Crippen molar-refractivity contribution < 1.29 is 18.3 Å². The summed E-state index contributed by atoms with van der Waals surface area (Å²) in [7, 11) is 0. The number of hydrogen-bond acceptors (Lipinski definition) is 2. The van der Waals surface area contributed by atoms with Crippen LogP contribution in [0.4, 0.5) is 13.2 Å². The summed E-state index contributed by atoms with van der Waals surface area (Å²) < 4.78 is 42.6. The molecule has 5 heteroatoms. The van der Waals surface area contributed by atoms with Crippen molar-refractivity contribution in [3.8, 4) is 0 Å². The molecule has 1 N–H and O–H groups in total. The highest BCUT2D eigenvalue weighted by atomic mass is 19.4. The molecule has 0 aliphatic rings. The van der Waals surface area contributed by atoms with E-state index in [0.717, 1.165) is 11.1 Å². The minimum Gasteiger partial charge on any atom is -0.375 e. The van der Waals surface area contributed by atoms with Crippen molar-refractivity contribution in [2.24, 2.45) is 0 Å². The van der Waals surface area contributed by atoms with Gasteiger partial charge in [-0.25, -0.2) is 0 Å². The van der Waals surface area contributed by atoms with E-state index in [4.69, 9.17) is 0 Å². The Hall–Kier alpha value is -2.63. The third kappa shape index (κ3) is 4.69. The van der Waals surface area contributed by atoms with E-state index in [9.17, 15) is 18.3 Å². The van der Waals surface area contributed by atoms with Gasteiger partial charge >= 0.3 is 6.18 Å². The summed E-state index contributed by atoms with van der Waals surface area (Å²) in [5.74, 6) is 0. The molecule has 0 saturated carbocycles. The first-order valence-electron chi connectivity index (χ1n) is 9.49. The Kier molecular flexibility index (Phi) is 6.40. The largest absolute Gasteiger partial charge is 0.423 e. The molecule has 2 nitrogen and oxygen atoms in total. The van der Waals surface area contributed by atoms with E-state index < -0.39 is 17.8 Å².